The van der Waals surface area contributed by atoms with Crippen LogP contribution in [0, 0.1) is 0 Å². The Balaban J connectivity index is 0.000000606. The first-order valence-corrected chi connectivity index (χ1v) is 6.65. The van der Waals surface area contributed by atoms with E-state index in [9.17, 15) is 0 Å². The van der Waals surface area contributed by atoms with Gasteiger partial charge in [-0.15, -0.1) is 0 Å². The minimum absolute atomic E-state index is 0.690. The standard InChI is InChI=1S/C12H20N2.C2H6/c1-11-9-13-7-8-14(11)10-12-5-3-2-4-6-12;1-2/h2-3,5,11,13H,4,6-10H2,1H3;1-2H3. The number of hydrogen-bond acceptors (Lipinski definition) is 2. The van der Waals surface area contributed by atoms with Crippen molar-refractivity contribution in [2.24, 2.45) is 0 Å². The SMILES string of the molecule is CC.CC1CNCCN1CC1=CC=CCC1. The molecule has 2 nitrogen and oxygen atoms in total. The van der Waals surface area contributed by atoms with Crippen LogP contribution in [0.4, 0.5) is 0 Å². The van der Waals surface area contributed by atoms with Crippen molar-refractivity contribution in [3.05, 3.63) is 23.8 Å². The van der Waals surface area contributed by atoms with Crippen LogP contribution in [0.25, 0.3) is 0 Å². The van der Waals surface area contributed by atoms with E-state index in [0.29, 0.717) is 6.04 Å². The van der Waals surface area contributed by atoms with E-state index in [1.165, 1.54) is 25.9 Å². The summed E-state index contributed by atoms with van der Waals surface area (Å²) in [6.07, 6.45) is 9.23. The lowest BCUT2D eigenvalue weighted by Crippen LogP contribution is -2.50. The molecule has 1 N–H and O–H groups in total. The normalized spacial score (nSPS) is 25.7. The molecule has 0 aromatic rings. The fraction of sp³-hybridized carbons (Fsp3) is 0.714. The summed E-state index contributed by atoms with van der Waals surface area (Å²) in [6, 6.07) is 0.690. The first kappa shape index (κ1) is 13.5. The number of nitrogens with one attached hydrogen (secondary N) is 1. The predicted molar refractivity (Wildman–Crippen MR) is 71.7 cm³/mol. The summed E-state index contributed by atoms with van der Waals surface area (Å²) < 4.78 is 0. The average molecular weight is 222 g/mol. The molecule has 1 fully saturated rings. The summed E-state index contributed by atoms with van der Waals surface area (Å²) in [5.41, 5.74) is 1.60. The molecule has 1 aliphatic heterocycles. The number of nitrogens with zero attached hydrogens (tertiary/aromatic N) is 1. The molecule has 2 rings (SSSR count). The second kappa shape index (κ2) is 7.64. The van der Waals surface area contributed by atoms with Crippen LogP contribution in [0.5, 0.6) is 0 Å². The van der Waals surface area contributed by atoms with Gasteiger partial charge in [-0.1, -0.05) is 37.6 Å². The quantitative estimate of drug-likeness (QED) is 0.772. The zero-order valence-corrected chi connectivity index (χ0v) is 11.0. The monoisotopic (exact) mass is 222 g/mol. The highest BCUT2D eigenvalue weighted by atomic mass is 15.2. The van der Waals surface area contributed by atoms with Crippen LogP contribution in [-0.2, 0) is 0 Å². The highest BCUT2D eigenvalue weighted by Gasteiger charge is 2.18. The van der Waals surface area contributed by atoms with Gasteiger partial charge < -0.3 is 5.32 Å². The molecular weight excluding hydrogens is 196 g/mol. The molecule has 0 saturated carbocycles. The topological polar surface area (TPSA) is 15.3 Å². The Bertz CT molecular complexity index is 243. The first-order chi connectivity index (χ1) is 7.86. The molecule has 92 valence electrons. The maximum absolute atomic E-state index is 3.43. The fourth-order valence-corrected chi connectivity index (χ4v) is 2.16. The van der Waals surface area contributed by atoms with Gasteiger partial charge >= 0.3 is 0 Å². The summed E-state index contributed by atoms with van der Waals surface area (Å²) in [5.74, 6) is 0. The summed E-state index contributed by atoms with van der Waals surface area (Å²) in [5, 5.41) is 3.43. The van der Waals surface area contributed by atoms with Gasteiger partial charge in [0.15, 0.2) is 0 Å². The van der Waals surface area contributed by atoms with Gasteiger partial charge in [0.25, 0.3) is 0 Å². The van der Waals surface area contributed by atoms with Gasteiger partial charge in [0.2, 0.25) is 0 Å². The summed E-state index contributed by atoms with van der Waals surface area (Å²) in [4.78, 5) is 2.58. The highest BCUT2D eigenvalue weighted by molar-refractivity contribution is 5.19. The molecule has 0 bridgehead atoms. The summed E-state index contributed by atoms with van der Waals surface area (Å²) >= 11 is 0. The van der Waals surface area contributed by atoms with E-state index in [1.54, 1.807) is 5.57 Å². The second-order valence-electron chi connectivity index (χ2n) is 4.32. The van der Waals surface area contributed by atoms with Crippen LogP contribution in [0.15, 0.2) is 23.8 Å². The van der Waals surface area contributed by atoms with Gasteiger partial charge in [-0.05, 0) is 19.8 Å². The molecule has 0 aromatic carbocycles. The van der Waals surface area contributed by atoms with Crippen LogP contribution >= 0.6 is 0 Å². The third-order valence-electron chi connectivity index (χ3n) is 3.15. The number of allylic oxidation sites excluding steroid dienone is 3. The molecular formula is C14H26N2. The molecule has 2 heteroatoms. The van der Waals surface area contributed by atoms with Crippen LogP contribution in [0.1, 0.15) is 33.6 Å². The van der Waals surface area contributed by atoms with Crippen LogP contribution < -0.4 is 5.32 Å². The summed E-state index contributed by atoms with van der Waals surface area (Å²) in [6.45, 7) is 11.0. The van der Waals surface area contributed by atoms with Gasteiger partial charge in [-0.25, -0.2) is 0 Å². The Morgan fingerprint density at radius 1 is 1.44 bits per heavy atom. The van der Waals surface area contributed by atoms with Gasteiger partial charge in [0.1, 0.15) is 0 Å². The molecule has 2 aliphatic rings. The Morgan fingerprint density at radius 2 is 2.25 bits per heavy atom. The lowest BCUT2D eigenvalue weighted by molar-refractivity contribution is 0.187. The number of rotatable bonds is 2. The van der Waals surface area contributed by atoms with Crippen molar-refractivity contribution in [1.82, 2.24) is 10.2 Å². The molecule has 0 amide bonds. The maximum atomic E-state index is 3.43. The summed E-state index contributed by atoms with van der Waals surface area (Å²) in [7, 11) is 0. The zero-order valence-electron chi connectivity index (χ0n) is 11.0. The van der Waals surface area contributed by atoms with Gasteiger partial charge in [0.05, 0.1) is 0 Å². The zero-order chi connectivity index (χ0) is 11.8. The fourth-order valence-electron chi connectivity index (χ4n) is 2.16. The molecule has 1 aliphatic carbocycles. The highest BCUT2D eigenvalue weighted by Crippen LogP contribution is 2.15. The average Bonchev–Trinajstić information content (AvgIpc) is 2.36. The third kappa shape index (κ3) is 4.11. The van der Waals surface area contributed by atoms with Crippen molar-refractivity contribution < 1.29 is 0 Å². The van der Waals surface area contributed by atoms with E-state index < -0.39 is 0 Å². The molecule has 1 heterocycles. The molecule has 0 aromatic heterocycles. The molecule has 0 spiro atoms. The van der Waals surface area contributed by atoms with Crippen LogP contribution in [0.3, 0.4) is 0 Å². The van der Waals surface area contributed by atoms with Gasteiger partial charge in [-0.2, -0.15) is 0 Å². The molecule has 1 atom stereocenters. The maximum Gasteiger partial charge on any atom is 0.0200 e. The number of piperazine rings is 1. The van der Waals surface area contributed by atoms with Gasteiger partial charge in [0, 0.05) is 32.2 Å². The third-order valence-corrected chi connectivity index (χ3v) is 3.15. The smallest absolute Gasteiger partial charge is 0.0200 e. The van der Waals surface area contributed by atoms with E-state index in [1.807, 2.05) is 13.8 Å². The molecule has 1 saturated heterocycles. The van der Waals surface area contributed by atoms with Gasteiger partial charge in [-0.3, -0.25) is 4.90 Å². The molecule has 0 radical (unpaired) electrons. The van der Waals surface area contributed by atoms with E-state index >= 15 is 0 Å². The molecule has 1 unspecified atom stereocenters. The Labute approximate surface area is 100 Å². The minimum atomic E-state index is 0.690. The van der Waals surface area contributed by atoms with E-state index in [-0.39, 0.29) is 0 Å². The van der Waals surface area contributed by atoms with Crippen LogP contribution in [-0.4, -0.2) is 37.1 Å². The van der Waals surface area contributed by atoms with Crippen molar-refractivity contribution in [2.45, 2.75) is 39.7 Å². The van der Waals surface area contributed by atoms with E-state index in [4.69, 9.17) is 0 Å². The Kier molecular flexibility index (Phi) is 6.43. The van der Waals surface area contributed by atoms with Crippen molar-refractivity contribution in [3.8, 4) is 0 Å². The lowest BCUT2D eigenvalue weighted by Gasteiger charge is -2.34. The van der Waals surface area contributed by atoms with Crippen LogP contribution in [0.2, 0.25) is 0 Å². The Morgan fingerprint density at radius 3 is 2.88 bits per heavy atom. The molecule has 16 heavy (non-hydrogen) atoms. The second-order valence-corrected chi connectivity index (χ2v) is 4.32. The lowest BCUT2D eigenvalue weighted by atomic mass is 10.0. The first-order valence-electron chi connectivity index (χ1n) is 6.65. The van der Waals surface area contributed by atoms with E-state index in [0.717, 1.165) is 13.1 Å². The van der Waals surface area contributed by atoms with E-state index in [2.05, 4.69) is 35.4 Å². The minimum Gasteiger partial charge on any atom is -0.314 e. The largest absolute Gasteiger partial charge is 0.314 e. The Hall–Kier alpha value is -0.600. The number of hydrogen-bond donors (Lipinski definition) is 1. The van der Waals surface area contributed by atoms with Crippen molar-refractivity contribution in [1.29, 1.82) is 0 Å². The van der Waals surface area contributed by atoms with Crippen molar-refractivity contribution in [3.63, 3.8) is 0 Å². The van der Waals surface area contributed by atoms with Crippen molar-refractivity contribution >= 4 is 0 Å². The van der Waals surface area contributed by atoms with Crippen molar-refractivity contribution in [2.75, 3.05) is 26.2 Å². The predicted octanol–water partition coefficient (Wildman–Crippen LogP) is 2.58.